The van der Waals surface area contributed by atoms with Crippen LogP contribution in [-0.4, -0.2) is 33.7 Å². The van der Waals surface area contributed by atoms with E-state index < -0.39 is 10.0 Å². The van der Waals surface area contributed by atoms with Gasteiger partial charge >= 0.3 is 0 Å². The van der Waals surface area contributed by atoms with Crippen LogP contribution in [0, 0.1) is 6.92 Å². The van der Waals surface area contributed by atoms with Crippen LogP contribution in [0.15, 0.2) is 24.8 Å². The molecule has 0 fully saturated rings. The molecule has 0 aliphatic heterocycles. The summed E-state index contributed by atoms with van der Waals surface area (Å²) in [5.74, 6) is 1.69. The van der Waals surface area contributed by atoms with E-state index in [9.17, 15) is 8.42 Å². The van der Waals surface area contributed by atoms with Crippen molar-refractivity contribution in [3.05, 3.63) is 30.6 Å². The molecule has 0 radical (unpaired) electrons. The van der Waals surface area contributed by atoms with Crippen molar-refractivity contribution in [2.75, 3.05) is 10.5 Å². The van der Waals surface area contributed by atoms with E-state index in [2.05, 4.69) is 19.7 Å². The predicted octanol–water partition coefficient (Wildman–Crippen LogP) is 1.51. The van der Waals surface area contributed by atoms with E-state index in [4.69, 9.17) is 0 Å². The summed E-state index contributed by atoms with van der Waals surface area (Å²) in [7, 11) is -3.36. The minimum atomic E-state index is -3.36. The molecule has 0 amide bonds. The van der Waals surface area contributed by atoms with Gasteiger partial charge in [0.2, 0.25) is 10.0 Å². The quantitative estimate of drug-likeness (QED) is 0.872. The molecule has 2 aromatic heterocycles. The summed E-state index contributed by atoms with van der Waals surface area (Å²) in [5, 5.41) is 0. The van der Waals surface area contributed by atoms with Gasteiger partial charge in [0.15, 0.2) is 0 Å². The molecule has 0 aliphatic rings. The van der Waals surface area contributed by atoms with Crippen molar-refractivity contribution in [1.29, 1.82) is 0 Å². The van der Waals surface area contributed by atoms with Gasteiger partial charge in [-0.3, -0.25) is 9.29 Å². The number of hydrogen-bond acceptors (Lipinski definition) is 5. The Bertz CT molecular complexity index is 681. The van der Waals surface area contributed by atoms with Crippen LogP contribution in [-0.2, 0) is 10.0 Å². The van der Waals surface area contributed by atoms with Crippen molar-refractivity contribution in [2.24, 2.45) is 0 Å². The number of aryl methyl sites for hydroxylation is 1. The molecule has 2 heterocycles. The van der Waals surface area contributed by atoms with Gasteiger partial charge in [-0.25, -0.2) is 23.4 Å². The maximum absolute atomic E-state index is 11.8. The normalized spacial score (nSPS) is 11.5. The molecular formula is C12H17N5O2S. The third-order valence-corrected chi connectivity index (χ3v) is 4.10. The summed E-state index contributed by atoms with van der Waals surface area (Å²) in [6.45, 7) is 3.79. The van der Waals surface area contributed by atoms with E-state index in [0.717, 1.165) is 12.2 Å². The summed E-state index contributed by atoms with van der Waals surface area (Å²) in [5.41, 5.74) is 0. The molecule has 2 rings (SSSR count). The number of rotatable bonds is 6. The maximum atomic E-state index is 11.8. The second-order valence-electron chi connectivity index (χ2n) is 4.38. The van der Waals surface area contributed by atoms with Crippen molar-refractivity contribution in [2.45, 2.75) is 26.7 Å². The number of unbranched alkanes of at least 4 members (excludes halogenated alkanes) is 1. The highest BCUT2D eigenvalue weighted by Gasteiger charge is 2.11. The van der Waals surface area contributed by atoms with Crippen LogP contribution in [0.5, 0.6) is 0 Å². The number of nitrogens with one attached hydrogen (secondary N) is 1. The molecule has 0 atom stereocenters. The molecule has 2 aromatic rings. The number of aromatic nitrogens is 4. The van der Waals surface area contributed by atoms with Crippen molar-refractivity contribution < 1.29 is 8.42 Å². The molecule has 7 nitrogen and oxygen atoms in total. The summed E-state index contributed by atoms with van der Waals surface area (Å²) < 4.78 is 27.9. The third-order valence-electron chi connectivity index (χ3n) is 2.75. The number of imidazole rings is 1. The topological polar surface area (TPSA) is 89.8 Å². The molecule has 0 unspecified atom stereocenters. The van der Waals surface area contributed by atoms with Gasteiger partial charge in [0.25, 0.3) is 0 Å². The van der Waals surface area contributed by atoms with E-state index in [1.807, 2.05) is 13.8 Å². The molecular weight excluding hydrogens is 278 g/mol. The summed E-state index contributed by atoms with van der Waals surface area (Å²) in [6, 6.07) is 1.58. The molecule has 8 heteroatoms. The SMILES string of the molecule is CCCCS(=O)(=O)Nc1cc(-n2ccnc2C)ncn1. The zero-order valence-electron chi connectivity index (χ0n) is 11.4. The highest BCUT2D eigenvalue weighted by molar-refractivity contribution is 7.92. The van der Waals surface area contributed by atoms with Gasteiger partial charge in [0.05, 0.1) is 5.75 Å². The van der Waals surface area contributed by atoms with Crippen LogP contribution in [0.25, 0.3) is 5.82 Å². The van der Waals surface area contributed by atoms with Gasteiger partial charge in [-0.2, -0.15) is 0 Å². The smallest absolute Gasteiger partial charge is 0.233 e. The largest absolute Gasteiger partial charge is 0.288 e. The lowest BCUT2D eigenvalue weighted by Crippen LogP contribution is -2.17. The molecule has 20 heavy (non-hydrogen) atoms. The number of hydrogen-bond donors (Lipinski definition) is 1. The molecule has 108 valence electrons. The van der Waals surface area contributed by atoms with Gasteiger partial charge < -0.3 is 0 Å². The fraction of sp³-hybridized carbons (Fsp3) is 0.417. The average Bonchev–Trinajstić information content (AvgIpc) is 2.82. The number of nitrogens with zero attached hydrogens (tertiary/aromatic N) is 4. The minimum Gasteiger partial charge on any atom is -0.288 e. The van der Waals surface area contributed by atoms with Gasteiger partial charge in [-0.15, -0.1) is 0 Å². The first-order valence-electron chi connectivity index (χ1n) is 6.34. The van der Waals surface area contributed by atoms with Crippen molar-refractivity contribution >= 4 is 15.8 Å². The van der Waals surface area contributed by atoms with E-state index in [1.54, 1.807) is 23.0 Å². The minimum absolute atomic E-state index is 0.0902. The number of sulfonamides is 1. The summed E-state index contributed by atoms with van der Waals surface area (Å²) >= 11 is 0. The second kappa shape index (κ2) is 6.00. The van der Waals surface area contributed by atoms with Crippen LogP contribution < -0.4 is 4.72 Å². The lowest BCUT2D eigenvalue weighted by molar-refractivity contribution is 0.597. The van der Waals surface area contributed by atoms with Gasteiger partial charge in [-0.1, -0.05) is 13.3 Å². The van der Waals surface area contributed by atoms with Crippen LogP contribution in [0.1, 0.15) is 25.6 Å². The lowest BCUT2D eigenvalue weighted by atomic mass is 10.4. The van der Waals surface area contributed by atoms with Crippen molar-refractivity contribution in [3.8, 4) is 5.82 Å². The van der Waals surface area contributed by atoms with Crippen LogP contribution >= 0.6 is 0 Å². The van der Waals surface area contributed by atoms with E-state index in [1.165, 1.54) is 6.33 Å². The van der Waals surface area contributed by atoms with Crippen LogP contribution in [0.2, 0.25) is 0 Å². The molecule has 0 aliphatic carbocycles. The molecule has 1 N–H and O–H groups in total. The zero-order valence-corrected chi connectivity index (χ0v) is 12.3. The highest BCUT2D eigenvalue weighted by Crippen LogP contribution is 2.12. The molecule has 0 saturated heterocycles. The first kappa shape index (κ1) is 14.4. The Kier molecular flexibility index (Phi) is 4.33. The summed E-state index contributed by atoms with van der Waals surface area (Å²) in [4.78, 5) is 12.2. The molecule has 0 aromatic carbocycles. The zero-order chi connectivity index (χ0) is 14.6. The molecule has 0 spiro atoms. The van der Waals surface area contributed by atoms with Crippen LogP contribution in [0.4, 0.5) is 5.82 Å². The highest BCUT2D eigenvalue weighted by atomic mass is 32.2. The van der Waals surface area contributed by atoms with Crippen molar-refractivity contribution in [3.63, 3.8) is 0 Å². The molecule has 0 bridgehead atoms. The fourth-order valence-corrected chi connectivity index (χ4v) is 2.90. The molecule has 0 saturated carbocycles. The van der Waals surface area contributed by atoms with E-state index in [-0.39, 0.29) is 11.6 Å². The van der Waals surface area contributed by atoms with Gasteiger partial charge in [0, 0.05) is 18.5 Å². The van der Waals surface area contributed by atoms with Gasteiger partial charge in [-0.05, 0) is 13.3 Å². The average molecular weight is 295 g/mol. The summed E-state index contributed by atoms with van der Waals surface area (Å²) in [6.07, 6.45) is 6.18. The Morgan fingerprint density at radius 1 is 1.30 bits per heavy atom. The Labute approximate surface area is 118 Å². The Balaban J connectivity index is 2.21. The number of anilines is 1. The maximum Gasteiger partial charge on any atom is 0.233 e. The standard InChI is InChI=1S/C12H17N5O2S/c1-3-4-7-20(18,19)16-11-8-12(15-9-14-11)17-6-5-13-10(17)2/h5-6,8-9H,3-4,7H2,1-2H3,(H,14,15,16). The van der Waals surface area contributed by atoms with Crippen molar-refractivity contribution in [1.82, 2.24) is 19.5 Å². The first-order chi connectivity index (χ1) is 9.52. The second-order valence-corrected chi connectivity index (χ2v) is 6.22. The van der Waals surface area contributed by atoms with Crippen LogP contribution in [0.3, 0.4) is 0 Å². The Hall–Kier alpha value is -1.96. The monoisotopic (exact) mass is 295 g/mol. The first-order valence-corrected chi connectivity index (χ1v) is 8.00. The van der Waals surface area contributed by atoms with E-state index >= 15 is 0 Å². The third kappa shape index (κ3) is 3.53. The Morgan fingerprint density at radius 2 is 2.10 bits per heavy atom. The predicted molar refractivity (Wildman–Crippen MR) is 76.2 cm³/mol. The lowest BCUT2D eigenvalue weighted by Gasteiger charge is -2.08. The Morgan fingerprint density at radius 3 is 2.75 bits per heavy atom. The fourth-order valence-electron chi connectivity index (χ4n) is 1.70. The van der Waals surface area contributed by atoms with E-state index in [0.29, 0.717) is 12.2 Å². The van der Waals surface area contributed by atoms with Gasteiger partial charge in [0.1, 0.15) is 23.8 Å².